The zero-order chi connectivity index (χ0) is 15.4. The minimum atomic E-state index is -5.17. The van der Waals surface area contributed by atoms with E-state index >= 15 is 0 Å². The molecule has 0 bridgehead atoms. The molecule has 0 heterocycles. The van der Waals surface area contributed by atoms with Crippen molar-refractivity contribution in [3.63, 3.8) is 0 Å². The standard InChI is InChI=1S/C12H11N.N2.H2O4S/c1-3-7-11(8-4-1)13-12-9-5-2-6-10-12;1-2;1-5(2,3)4/h1-10,13H;;(H2,1,2,3,4)/p-1. The third kappa shape index (κ3) is 10.7. The molecule has 0 spiro atoms. The molecule has 0 radical (unpaired) electrons. The highest BCUT2D eigenvalue weighted by Crippen LogP contribution is 2.14. The van der Waals surface area contributed by atoms with Gasteiger partial charge >= 0.3 is 0 Å². The first-order valence-electron chi connectivity index (χ1n) is 5.21. The van der Waals surface area contributed by atoms with E-state index in [0.29, 0.717) is 0 Å². The maximum absolute atomic E-state index is 8.52. The third-order valence-corrected chi connectivity index (χ3v) is 1.84. The Hall–Kier alpha value is -2.47. The van der Waals surface area contributed by atoms with Crippen LogP contribution in [0.1, 0.15) is 0 Å². The Labute approximate surface area is 116 Å². The first-order valence-corrected chi connectivity index (χ1v) is 6.54. The van der Waals surface area contributed by atoms with E-state index in [-0.39, 0.29) is 0 Å². The van der Waals surface area contributed by atoms with Crippen LogP contribution in [0, 0.1) is 5.39 Å². The molecule has 0 unspecified atom stereocenters. The van der Waals surface area contributed by atoms with E-state index in [9.17, 15) is 0 Å². The fourth-order valence-electron chi connectivity index (χ4n) is 1.21. The van der Waals surface area contributed by atoms with E-state index in [1.165, 1.54) is 0 Å². The van der Waals surface area contributed by atoms with Gasteiger partial charge in [0.1, 0.15) is 0 Å². The first-order chi connectivity index (χ1) is 9.45. The summed E-state index contributed by atoms with van der Waals surface area (Å²) in [5, 5.41) is 14.3. The number of nitrogens with one attached hydrogen (secondary N) is 2. The fraction of sp³-hybridized carbons (Fsp3) is 0. The van der Waals surface area contributed by atoms with E-state index in [0.717, 1.165) is 11.4 Å². The predicted octanol–water partition coefficient (Wildman–Crippen LogP) is 0.371. The summed E-state index contributed by atoms with van der Waals surface area (Å²) >= 11 is 0. The Morgan fingerprint density at radius 1 is 0.800 bits per heavy atom. The number of hydrogen-bond donors (Lipinski definition) is 2. The highest BCUT2D eigenvalue weighted by Gasteiger charge is 1.89. The van der Waals surface area contributed by atoms with Crippen LogP contribution in [0.5, 0.6) is 0 Å². The van der Waals surface area contributed by atoms with E-state index in [1.54, 1.807) is 0 Å². The predicted molar refractivity (Wildman–Crippen MR) is 69.3 cm³/mol. The Morgan fingerprint density at radius 3 is 1.30 bits per heavy atom. The summed E-state index contributed by atoms with van der Waals surface area (Å²) in [5.74, 6) is 0. The van der Waals surface area contributed by atoms with Gasteiger partial charge in [-0.05, 0) is 24.3 Å². The van der Waals surface area contributed by atoms with E-state index in [1.807, 2.05) is 60.7 Å². The monoisotopic (exact) mass is 294 g/mol. The third-order valence-electron chi connectivity index (χ3n) is 1.84. The molecule has 0 saturated heterocycles. The van der Waals surface area contributed by atoms with Crippen LogP contribution in [-0.4, -0.2) is 17.5 Å². The summed E-state index contributed by atoms with van der Waals surface area (Å²) in [6, 6.07) is 20.3. The molecular weight excluding hydrogens is 282 g/mol. The van der Waals surface area contributed by atoms with Crippen molar-refractivity contribution in [2.45, 2.75) is 0 Å². The number of benzene rings is 2. The average Bonchev–Trinajstić information content (AvgIpc) is 2.41. The van der Waals surface area contributed by atoms with Gasteiger partial charge in [-0.1, -0.05) is 36.4 Å². The lowest BCUT2D eigenvalue weighted by Gasteiger charge is -2.06. The van der Waals surface area contributed by atoms with E-state index in [4.69, 9.17) is 28.3 Å². The minimum absolute atomic E-state index is 1.12. The summed E-state index contributed by atoms with van der Waals surface area (Å²) in [6.45, 7) is 0. The van der Waals surface area contributed by atoms with Crippen molar-refractivity contribution in [3.8, 4) is 0 Å². The summed E-state index contributed by atoms with van der Waals surface area (Å²) < 4.78 is 34.1. The second kappa shape index (κ2) is 9.46. The van der Waals surface area contributed by atoms with Crippen molar-refractivity contribution in [1.29, 1.82) is 5.39 Å². The van der Waals surface area contributed by atoms with Crippen LogP contribution >= 0.6 is 0 Å². The molecule has 0 aliphatic rings. The summed E-state index contributed by atoms with van der Waals surface area (Å²) in [4.78, 5) is 0. The van der Waals surface area contributed by atoms with Crippen molar-refractivity contribution < 1.29 is 22.9 Å². The molecule has 0 aliphatic carbocycles. The van der Waals surface area contributed by atoms with Gasteiger partial charge in [0.25, 0.3) is 0 Å². The molecule has 0 saturated carbocycles. The molecule has 0 aliphatic heterocycles. The summed E-state index contributed by atoms with van der Waals surface area (Å²) in [6.07, 6.45) is 0. The molecule has 2 aromatic rings. The quantitative estimate of drug-likeness (QED) is 0.466. The summed E-state index contributed by atoms with van der Waals surface area (Å²) in [7, 11) is -5.17. The molecule has 2 N–H and O–H groups in total. The van der Waals surface area contributed by atoms with Crippen LogP contribution in [-0.2, 0) is 10.4 Å². The highest BCUT2D eigenvalue weighted by molar-refractivity contribution is 7.79. The first kappa shape index (κ1) is 17.5. The Kier molecular flexibility index (Phi) is 8.29. The zero-order valence-electron chi connectivity index (χ0n) is 10.3. The van der Waals surface area contributed by atoms with Gasteiger partial charge in [-0.3, -0.25) is 8.42 Å². The lowest BCUT2D eigenvalue weighted by molar-refractivity contribution is -0.175. The number of rotatable bonds is 2. The number of hydrogen-bond acceptors (Lipinski definition) is 6. The maximum atomic E-state index is 8.52. The molecule has 0 atom stereocenters. The molecule has 2 rings (SSSR count). The average molecular weight is 294 g/mol. The topological polar surface area (TPSA) is 140 Å². The normalized spacial score (nSPS) is 9.20. The lowest BCUT2D eigenvalue weighted by Crippen LogP contribution is -2.11. The largest absolute Gasteiger partial charge is 0.759 e. The fourth-order valence-corrected chi connectivity index (χ4v) is 1.21. The van der Waals surface area contributed by atoms with Crippen LogP contribution in [0.4, 0.5) is 11.4 Å². The van der Waals surface area contributed by atoms with Crippen LogP contribution < -0.4 is 10.7 Å². The molecule has 2 aromatic carbocycles. The number of para-hydroxylation sites is 2. The Morgan fingerprint density at radius 2 is 1.05 bits per heavy atom. The Bertz CT molecular complexity index is 555. The number of diazo groups is 1. The van der Waals surface area contributed by atoms with E-state index in [2.05, 4.69) is 5.32 Å². The molecule has 0 fully saturated rings. The maximum Gasteiger partial charge on any atom is 0.212 e. The molecule has 7 nitrogen and oxygen atoms in total. The van der Waals surface area contributed by atoms with Gasteiger partial charge in [-0.2, -0.15) is 0 Å². The molecule has 106 valence electrons. The van der Waals surface area contributed by atoms with Crippen LogP contribution in [0.25, 0.3) is 0 Å². The Balaban J connectivity index is 0.000000441. The van der Waals surface area contributed by atoms with Crippen LogP contribution in [0.15, 0.2) is 60.7 Å². The molecular formula is C12H12N3O4S-. The van der Waals surface area contributed by atoms with Gasteiger partial charge in [0.05, 0.1) is 5.39 Å². The number of nitrogens with zero attached hydrogens (tertiary/aromatic N) is 1. The van der Waals surface area contributed by atoms with Gasteiger partial charge in [0.2, 0.25) is 5.39 Å². The molecule has 8 heteroatoms. The SMILES string of the molecule is N#[NH+].O=S(=O)([O-])[O-].c1ccc(Nc2ccccc2)cc1. The van der Waals surface area contributed by atoms with Crippen molar-refractivity contribution in [2.75, 3.05) is 5.32 Å². The van der Waals surface area contributed by atoms with Crippen molar-refractivity contribution in [3.05, 3.63) is 60.7 Å². The van der Waals surface area contributed by atoms with Crippen LogP contribution in [0.2, 0.25) is 0 Å². The van der Waals surface area contributed by atoms with Gasteiger partial charge in [-0.25, -0.2) is 0 Å². The van der Waals surface area contributed by atoms with Gasteiger partial charge < -0.3 is 14.4 Å². The van der Waals surface area contributed by atoms with Gasteiger partial charge in [0.15, 0.2) is 0 Å². The highest BCUT2D eigenvalue weighted by atomic mass is 32.3. The molecule has 0 amide bonds. The lowest BCUT2D eigenvalue weighted by atomic mass is 10.3. The second-order valence-electron chi connectivity index (χ2n) is 3.27. The van der Waals surface area contributed by atoms with Gasteiger partial charge in [-0.15, -0.1) is 0 Å². The molecule has 0 aromatic heterocycles. The second-order valence-corrected chi connectivity index (χ2v) is 4.08. The van der Waals surface area contributed by atoms with Gasteiger partial charge in [0, 0.05) is 21.8 Å². The van der Waals surface area contributed by atoms with E-state index < -0.39 is 10.4 Å². The smallest absolute Gasteiger partial charge is 0.212 e. The molecule has 20 heavy (non-hydrogen) atoms. The number of anilines is 2. The van der Waals surface area contributed by atoms with Crippen molar-refractivity contribution in [2.24, 2.45) is 0 Å². The summed E-state index contributed by atoms with van der Waals surface area (Å²) in [5.41, 5.74) is 2.24. The van der Waals surface area contributed by atoms with Crippen molar-refractivity contribution >= 4 is 21.8 Å². The zero-order valence-corrected chi connectivity index (χ0v) is 11.1. The van der Waals surface area contributed by atoms with Crippen LogP contribution in [0.3, 0.4) is 0 Å². The minimum Gasteiger partial charge on any atom is -0.759 e. The van der Waals surface area contributed by atoms with Crippen molar-refractivity contribution in [1.82, 2.24) is 0 Å².